The maximum absolute atomic E-state index is 12.2. The van der Waals surface area contributed by atoms with Gasteiger partial charge in [-0.2, -0.15) is 0 Å². The van der Waals surface area contributed by atoms with Crippen LogP contribution < -0.4 is 0 Å². The molecule has 0 N–H and O–H groups in total. The van der Waals surface area contributed by atoms with Gasteiger partial charge in [-0.05, 0) is 31.5 Å². The highest BCUT2D eigenvalue weighted by Crippen LogP contribution is 2.19. The summed E-state index contributed by atoms with van der Waals surface area (Å²) in [6.45, 7) is 3.45. The van der Waals surface area contributed by atoms with Gasteiger partial charge >= 0.3 is 0 Å². The Balaban J connectivity index is 2.20. The van der Waals surface area contributed by atoms with Gasteiger partial charge in [0.2, 0.25) is 0 Å². The highest BCUT2D eigenvalue weighted by atomic mass is 35.5. The minimum atomic E-state index is -3.28. The van der Waals surface area contributed by atoms with Crippen molar-refractivity contribution in [2.75, 3.05) is 0 Å². The molecule has 1 heterocycles. The number of aromatic nitrogens is 1. The van der Waals surface area contributed by atoms with Crippen molar-refractivity contribution in [2.24, 2.45) is 0 Å². The minimum Gasteiger partial charge on any atom is -0.361 e. The summed E-state index contributed by atoms with van der Waals surface area (Å²) in [5.41, 5.74) is 1.94. The van der Waals surface area contributed by atoms with E-state index in [4.69, 9.17) is 16.1 Å². The molecule has 0 aliphatic heterocycles. The Kier molecular flexibility index (Phi) is 3.96. The molecule has 4 nitrogen and oxygen atoms in total. The number of nitrogens with zero attached hydrogens (tertiary/aromatic N) is 1. The van der Waals surface area contributed by atoms with E-state index >= 15 is 0 Å². The molecular weight excluding hydrogens is 286 g/mol. The zero-order valence-electron chi connectivity index (χ0n) is 10.7. The molecule has 0 atom stereocenters. The highest BCUT2D eigenvalue weighted by Gasteiger charge is 2.19. The van der Waals surface area contributed by atoms with Crippen molar-refractivity contribution in [2.45, 2.75) is 25.4 Å². The molecule has 1 aromatic carbocycles. The molecule has 1 aromatic heterocycles. The average molecular weight is 300 g/mol. The zero-order chi connectivity index (χ0) is 14.0. The third-order valence-corrected chi connectivity index (χ3v) is 4.56. The smallest absolute Gasteiger partial charge is 0.158 e. The van der Waals surface area contributed by atoms with Crippen LogP contribution in [0.25, 0.3) is 0 Å². The van der Waals surface area contributed by atoms with E-state index in [0.717, 1.165) is 0 Å². The summed E-state index contributed by atoms with van der Waals surface area (Å²) in [6.07, 6.45) is 0. The first-order chi connectivity index (χ1) is 8.87. The number of aryl methyl sites for hydroxylation is 2. The molecule has 19 heavy (non-hydrogen) atoms. The lowest BCUT2D eigenvalue weighted by Gasteiger charge is -2.05. The summed E-state index contributed by atoms with van der Waals surface area (Å²) < 4.78 is 29.3. The molecule has 0 bridgehead atoms. The van der Waals surface area contributed by atoms with Crippen LogP contribution in [0.15, 0.2) is 28.8 Å². The fourth-order valence-electron chi connectivity index (χ4n) is 1.86. The number of hydrogen-bond acceptors (Lipinski definition) is 4. The maximum Gasteiger partial charge on any atom is 0.158 e. The molecule has 0 saturated heterocycles. The summed E-state index contributed by atoms with van der Waals surface area (Å²) in [6, 6.07) is 6.86. The number of hydrogen-bond donors (Lipinski definition) is 0. The maximum atomic E-state index is 12.2. The lowest BCUT2D eigenvalue weighted by atomic mass is 10.2. The summed E-state index contributed by atoms with van der Waals surface area (Å²) in [5, 5.41) is 4.29. The Morgan fingerprint density at radius 3 is 2.58 bits per heavy atom. The monoisotopic (exact) mass is 299 g/mol. The largest absolute Gasteiger partial charge is 0.361 e. The van der Waals surface area contributed by atoms with Crippen LogP contribution >= 0.6 is 11.6 Å². The van der Waals surface area contributed by atoms with E-state index in [2.05, 4.69) is 5.16 Å². The molecule has 0 spiro atoms. The van der Waals surface area contributed by atoms with Crippen molar-refractivity contribution in [1.82, 2.24) is 5.16 Å². The van der Waals surface area contributed by atoms with Crippen molar-refractivity contribution in [3.63, 3.8) is 0 Å². The van der Waals surface area contributed by atoms with Gasteiger partial charge in [0.15, 0.2) is 9.84 Å². The summed E-state index contributed by atoms with van der Waals surface area (Å²) in [5.74, 6) is 0.436. The lowest BCUT2D eigenvalue weighted by molar-refractivity contribution is 0.392. The van der Waals surface area contributed by atoms with Gasteiger partial charge in [-0.1, -0.05) is 28.9 Å². The Morgan fingerprint density at radius 2 is 2.00 bits per heavy atom. The van der Waals surface area contributed by atoms with Crippen molar-refractivity contribution in [3.8, 4) is 0 Å². The first-order valence-corrected chi connectivity index (χ1v) is 7.94. The molecule has 6 heteroatoms. The highest BCUT2D eigenvalue weighted by molar-refractivity contribution is 7.89. The normalized spacial score (nSPS) is 11.7. The Hall–Kier alpha value is -1.33. The van der Waals surface area contributed by atoms with Crippen LogP contribution in [0.2, 0.25) is 5.02 Å². The van der Waals surface area contributed by atoms with E-state index < -0.39 is 9.84 Å². The molecule has 0 aliphatic carbocycles. The number of rotatable bonds is 4. The quantitative estimate of drug-likeness (QED) is 0.870. The second kappa shape index (κ2) is 5.35. The summed E-state index contributed by atoms with van der Waals surface area (Å²) >= 11 is 5.85. The fraction of sp³-hybridized carbons (Fsp3) is 0.308. The Morgan fingerprint density at radius 1 is 1.26 bits per heavy atom. The van der Waals surface area contributed by atoms with Gasteiger partial charge < -0.3 is 4.52 Å². The van der Waals surface area contributed by atoms with E-state index in [1.807, 2.05) is 0 Å². The van der Waals surface area contributed by atoms with Crippen LogP contribution in [0.1, 0.15) is 22.6 Å². The van der Waals surface area contributed by atoms with Gasteiger partial charge in [0.25, 0.3) is 0 Å². The molecule has 0 radical (unpaired) electrons. The van der Waals surface area contributed by atoms with E-state index in [1.165, 1.54) is 0 Å². The van der Waals surface area contributed by atoms with Gasteiger partial charge in [0.1, 0.15) is 5.76 Å². The Bertz CT molecular complexity index is 672. The van der Waals surface area contributed by atoms with Crippen LogP contribution in [0.4, 0.5) is 0 Å². The van der Waals surface area contributed by atoms with Crippen LogP contribution in [-0.2, 0) is 21.3 Å². The van der Waals surface area contributed by atoms with E-state index in [9.17, 15) is 8.42 Å². The second-order valence-electron chi connectivity index (χ2n) is 4.46. The number of halogens is 1. The molecule has 0 unspecified atom stereocenters. The van der Waals surface area contributed by atoms with Crippen LogP contribution in [0.3, 0.4) is 0 Å². The molecule has 2 aromatic rings. The molecule has 102 valence electrons. The molecular formula is C13H14ClNO3S. The second-order valence-corrected chi connectivity index (χ2v) is 6.97. The number of sulfone groups is 1. The SMILES string of the molecule is Cc1noc(C)c1CS(=O)(=O)Cc1cccc(Cl)c1. The molecule has 0 fully saturated rings. The molecule has 0 aliphatic rings. The topological polar surface area (TPSA) is 60.2 Å². The summed E-state index contributed by atoms with van der Waals surface area (Å²) in [7, 11) is -3.28. The zero-order valence-corrected chi connectivity index (χ0v) is 12.3. The average Bonchev–Trinajstić information content (AvgIpc) is 2.60. The first-order valence-electron chi connectivity index (χ1n) is 5.74. The van der Waals surface area contributed by atoms with Gasteiger partial charge in [0.05, 0.1) is 17.2 Å². The fourth-order valence-corrected chi connectivity index (χ4v) is 3.71. The predicted molar refractivity (Wildman–Crippen MR) is 73.8 cm³/mol. The van der Waals surface area contributed by atoms with Crippen molar-refractivity contribution < 1.29 is 12.9 Å². The molecule has 2 rings (SSSR count). The molecule has 0 amide bonds. The van der Waals surface area contributed by atoms with Crippen LogP contribution in [-0.4, -0.2) is 13.6 Å². The van der Waals surface area contributed by atoms with Crippen LogP contribution in [0, 0.1) is 13.8 Å². The van der Waals surface area contributed by atoms with E-state index in [-0.39, 0.29) is 11.5 Å². The van der Waals surface area contributed by atoms with E-state index in [1.54, 1.807) is 38.1 Å². The predicted octanol–water partition coefficient (Wildman–Crippen LogP) is 3.06. The van der Waals surface area contributed by atoms with Gasteiger partial charge in [-0.15, -0.1) is 0 Å². The van der Waals surface area contributed by atoms with Gasteiger partial charge in [-0.25, -0.2) is 8.42 Å². The Labute approximate surface area is 117 Å². The van der Waals surface area contributed by atoms with Crippen molar-refractivity contribution >= 4 is 21.4 Å². The first kappa shape index (κ1) is 14.1. The van der Waals surface area contributed by atoms with Crippen LogP contribution in [0.5, 0.6) is 0 Å². The molecule has 0 saturated carbocycles. The lowest BCUT2D eigenvalue weighted by Crippen LogP contribution is -2.08. The summed E-state index contributed by atoms with van der Waals surface area (Å²) in [4.78, 5) is 0. The minimum absolute atomic E-state index is 0.0440. The third kappa shape index (κ3) is 3.58. The van der Waals surface area contributed by atoms with E-state index in [0.29, 0.717) is 27.6 Å². The van der Waals surface area contributed by atoms with Crippen molar-refractivity contribution in [3.05, 3.63) is 51.9 Å². The third-order valence-electron chi connectivity index (χ3n) is 2.82. The van der Waals surface area contributed by atoms with Gasteiger partial charge in [-0.3, -0.25) is 0 Å². The van der Waals surface area contributed by atoms with Gasteiger partial charge in [0, 0.05) is 10.6 Å². The number of benzene rings is 1. The standard InChI is InChI=1S/C13H14ClNO3S/c1-9-13(10(2)18-15-9)8-19(16,17)7-11-4-3-5-12(14)6-11/h3-6H,7-8H2,1-2H3. The van der Waals surface area contributed by atoms with Crippen molar-refractivity contribution in [1.29, 1.82) is 0 Å².